The van der Waals surface area contributed by atoms with E-state index in [2.05, 4.69) is 15.5 Å². The summed E-state index contributed by atoms with van der Waals surface area (Å²) in [6, 6.07) is 13.8. The van der Waals surface area contributed by atoms with E-state index in [-0.39, 0.29) is 11.8 Å². The zero-order valence-electron chi connectivity index (χ0n) is 10.8. The van der Waals surface area contributed by atoms with E-state index in [1.54, 1.807) is 42.6 Å². The Morgan fingerprint density at radius 2 is 1.90 bits per heavy atom. The van der Waals surface area contributed by atoms with Crippen LogP contribution in [0.15, 0.2) is 59.3 Å². The molecule has 6 heteroatoms. The topological polar surface area (TPSA) is 68.0 Å². The Bertz CT molecular complexity index is 771. The van der Waals surface area contributed by atoms with Crippen molar-refractivity contribution < 1.29 is 9.32 Å². The molecule has 104 valence electrons. The van der Waals surface area contributed by atoms with Crippen molar-refractivity contribution >= 4 is 23.4 Å². The SMILES string of the molecule is O=C(Nc1cc(-c2ccccn2)no1)c1ccccc1Cl. The minimum atomic E-state index is -0.357. The number of aromatic nitrogens is 2. The van der Waals surface area contributed by atoms with Crippen LogP contribution in [0.3, 0.4) is 0 Å². The molecule has 0 atom stereocenters. The third-order valence-electron chi connectivity index (χ3n) is 2.79. The molecule has 21 heavy (non-hydrogen) atoms. The molecule has 3 aromatic rings. The zero-order chi connectivity index (χ0) is 14.7. The maximum atomic E-state index is 12.1. The lowest BCUT2D eigenvalue weighted by molar-refractivity contribution is 0.102. The average Bonchev–Trinajstić information content (AvgIpc) is 2.97. The van der Waals surface area contributed by atoms with E-state index >= 15 is 0 Å². The summed E-state index contributed by atoms with van der Waals surface area (Å²) in [5.41, 5.74) is 1.58. The highest BCUT2D eigenvalue weighted by Gasteiger charge is 2.13. The van der Waals surface area contributed by atoms with Gasteiger partial charge in [0.05, 0.1) is 16.3 Å². The quantitative estimate of drug-likeness (QED) is 0.801. The van der Waals surface area contributed by atoms with Crippen molar-refractivity contribution in [3.63, 3.8) is 0 Å². The van der Waals surface area contributed by atoms with Crippen molar-refractivity contribution in [1.29, 1.82) is 0 Å². The standard InChI is InChI=1S/C15H10ClN3O2/c16-11-6-2-1-5-10(11)15(20)18-14-9-13(19-21-14)12-7-3-4-8-17-12/h1-9H,(H,18,20). The van der Waals surface area contributed by atoms with E-state index in [1.807, 2.05) is 12.1 Å². The van der Waals surface area contributed by atoms with Crippen LogP contribution in [0.4, 0.5) is 5.88 Å². The van der Waals surface area contributed by atoms with Crippen LogP contribution >= 0.6 is 11.6 Å². The average molecular weight is 300 g/mol. The van der Waals surface area contributed by atoms with Gasteiger partial charge in [0.25, 0.3) is 5.91 Å². The van der Waals surface area contributed by atoms with Crippen molar-refractivity contribution in [3.05, 3.63) is 65.3 Å². The van der Waals surface area contributed by atoms with Crippen molar-refractivity contribution in [2.45, 2.75) is 0 Å². The Morgan fingerprint density at radius 1 is 1.10 bits per heavy atom. The molecule has 0 aliphatic heterocycles. The molecule has 5 nitrogen and oxygen atoms in total. The van der Waals surface area contributed by atoms with Crippen molar-refractivity contribution in [2.75, 3.05) is 5.32 Å². The number of pyridine rings is 1. The maximum Gasteiger partial charge on any atom is 0.259 e. The Labute approximate surface area is 125 Å². The first-order valence-corrected chi connectivity index (χ1v) is 6.56. The number of carbonyl (C=O) groups is 1. The number of rotatable bonds is 3. The minimum absolute atomic E-state index is 0.237. The van der Waals surface area contributed by atoms with Crippen LogP contribution in [0.1, 0.15) is 10.4 Å². The van der Waals surface area contributed by atoms with Gasteiger partial charge >= 0.3 is 0 Å². The smallest absolute Gasteiger partial charge is 0.259 e. The Morgan fingerprint density at radius 3 is 2.67 bits per heavy atom. The van der Waals surface area contributed by atoms with Gasteiger partial charge in [-0.2, -0.15) is 0 Å². The van der Waals surface area contributed by atoms with Gasteiger partial charge in [-0.15, -0.1) is 0 Å². The molecule has 3 rings (SSSR count). The number of benzene rings is 1. The lowest BCUT2D eigenvalue weighted by Crippen LogP contribution is -2.11. The molecule has 2 aromatic heterocycles. The molecule has 0 spiro atoms. The van der Waals surface area contributed by atoms with E-state index in [9.17, 15) is 4.79 Å². The van der Waals surface area contributed by atoms with Crippen LogP contribution in [0.25, 0.3) is 11.4 Å². The van der Waals surface area contributed by atoms with Gasteiger partial charge in [-0.25, -0.2) is 0 Å². The second-order valence-electron chi connectivity index (χ2n) is 4.23. The summed E-state index contributed by atoms with van der Waals surface area (Å²) in [5.74, 6) is -0.120. The van der Waals surface area contributed by atoms with Gasteiger partial charge < -0.3 is 4.52 Å². The van der Waals surface area contributed by atoms with Gasteiger partial charge in [0, 0.05) is 12.3 Å². The zero-order valence-corrected chi connectivity index (χ0v) is 11.5. The van der Waals surface area contributed by atoms with E-state index in [1.165, 1.54) is 0 Å². The van der Waals surface area contributed by atoms with Gasteiger partial charge in [-0.3, -0.25) is 15.1 Å². The molecule has 0 radical (unpaired) electrons. The lowest BCUT2D eigenvalue weighted by atomic mass is 10.2. The number of amides is 1. The Kier molecular flexibility index (Phi) is 3.66. The molecule has 1 N–H and O–H groups in total. The van der Waals surface area contributed by atoms with Crippen molar-refractivity contribution in [3.8, 4) is 11.4 Å². The van der Waals surface area contributed by atoms with E-state index in [0.29, 0.717) is 22.0 Å². The number of halogens is 1. The molecular formula is C15H10ClN3O2. The first-order valence-electron chi connectivity index (χ1n) is 6.18. The van der Waals surface area contributed by atoms with E-state index in [4.69, 9.17) is 16.1 Å². The molecule has 1 amide bonds. The van der Waals surface area contributed by atoms with Crippen LogP contribution in [-0.4, -0.2) is 16.0 Å². The first kappa shape index (κ1) is 13.3. The van der Waals surface area contributed by atoms with Crippen molar-refractivity contribution in [2.24, 2.45) is 0 Å². The fraction of sp³-hybridized carbons (Fsp3) is 0. The summed E-state index contributed by atoms with van der Waals surface area (Å²) in [4.78, 5) is 16.2. The van der Waals surface area contributed by atoms with Crippen LogP contribution in [-0.2, 0) is 0 Å². The van der Waals surface area contributed by atoms with Crippen molar-refractivity contribution in [1.82, 2.24) is 10.1 Å². The number of nitrogens with zero attached hydrogens (tertiary/aromatic N) is 2. The molecule has 0 unspecified atom stereocenters. The maximum absolute atomic E-state index is 12.1. The van der Waals surface area contributed by atoms with Crippen LogP contribution < -0.4 is 5.32 Å². The van der Waals surface area contributed by atoms with Crippen LogP contribution in [0.5, 0.6) is 0 Å². The second kappa shape index (κ2) is 5.76. The number of carbonyl (C=O) groups excluding carboxylic acids is 1. The monoisotopic (exact) mass is 299 g/mol. The summed E-state index contributed by atoms with van der Waals surface area (Å²) < 4.78 is 5.09. The normalized spacial score (nSPS) is 10.3. The number of anilines is 1. The fourth-order valence-corrected chi connectivity index (χ4v) is 2.02. The predicted octanol–water partition coefficient (Wildman–Crippen LogP) is 3.64. The summed E-state index contributed by atoms with van der Waals surface area (Å²) in [6.07, 6.45) is 1.66. The van der Waals surface area contributed by atoms with Gasteiger partial charge in [0.2, 0.25) is 5.88 Å². The third-order valence-corrected chi connectivity index (χ3v) is 3.12. The highest BCUT2D eigenvalue weighted by atomic mass is 35.5. The molecular weight excluding hydrogens is 290 g/mol. The second-order valence-corrected chi connectivity index (χ2v) is 4.63. The van der Waals surface area contributed by atoms with Gasteiger partial charge in [0.15, 0.2) is 0 Å². The number of nitrogens with one attached hydrogen (secondary N) is 1. The number of hydrogen-bond donors (Lipinski definition) is 1. The van der Waals surface area contributed by atoms with Crippen LogP contribution in [0, 0.1) is 0 Å². The summed E-state index contributed by atoms with van der Waals surface area (Å²) >= 11 is 5.97. The molecule has 0 saturated heterocycles. The predicted molar refractivity (Wildman–Crippen MR) is 79.1 cm³/mol. The van der Waals surface area contributed by atoms with Gasteiger partial charge in [-0.05, 0) is 24.3 Å². The summed E-state index contributed by atoms with van der Waals surface area (Å²) in [6.45, 7) is 0. The molecule has 0 aliphatic rings. The van der Waals surface area contributed by atoms with E-state index in [0.717, 1.165) is 0 Å². The Balaban J connectivity index is 1.79. The Hall–Kier alpha value is -2.66. The molecule has 1 aromatic carbocycles. The van der Waals surface area contributed by atoms with Crippen LogP contribution in [0.2, 0.25) is 5.02 Å². The molecule has 0 fully saturated rings. The molecule has 0 saturated carbocycles. The van der Waals surface area contributed by atoms with E-state index < -0.39 is 0 Å². The van der Waals surface area contributed by atoms with Gasteiger partial charge in [-0.1, -0.05) is 35.0 Å². The first-order chi connectivity index (χ1) is 10.2. The number of hydrogen-bond acceptors (Lipinski definition) is 4. The largest absolute Gasteiger partial charge is 0.338 e. The molecule has 0 aliphatic carbocycles. The van der Waals surface area contributed by atoms with Gasteiger partial charge in [0.1, 0.15) is 5.69 Å². The third kappa shape index (κ3) is 2.93. The summed E-state index contributed by atoms with van der Waals surface area (Å²) in [5, 5.41) is 6.85. The summed E-state index contributed by atoms with van der Waals surface area (Å²) in [7, 11) is 0. The highest BCUT2D eigenvalue weighted by molar-refractivity contribution is 6.34. The highest BCUT2D eigenvalue weighted by Crippen LogP contribution is 2.21. The lowest BCUT2D eigenvalue weighted by Gasteiger charge is -2.02. The fourth-order valence-electron chi connectivity index (χ4n) is 1.79. The minimum Gasteiger partial charge on any atom is -0.338 e. The molecule has 0 bridgehead atoms. The molecule has 2 heterocycles.